The molecule has 4 rings (SSSR count). The van der Waals surface area contributed by atoms with E-state index < -0.39 is 18.4 Å². The zero-order chi connectivity index (χ0) is 21.6. The molecule has 2 aromatic rings. The lowest BCUT2D eigenvalue weighted by Crippen LogP contribution is -2.57. The largest absolute Gasteiger partial charge is 0.435 e. The lowest BCUT2D eigenvalue weighted by Gasteiger charge is -2.42. The second kappa shape index (κ2) is 7.86. The minimum Gasteiger partial charge on any atom is -0.435 e. The molecular formula is C21H20BrF2N3O2S. The Morgan fingerprint density at radius 2 is 1.97 bits per heavy atom. The van der Waals surface area contributed by atoms with E-state index in [9.17, 15) is 13.9 Å². The average Bonchev–Trinajstić information content (AvgIpc) is 3.54. The Morgan fingerprint density at radius 3 is 2.60 bits per heavy atom. The molecule has 5 nitrogen and oxygen atoms in total. The molecule has 0 saturated heterocycles. The molecule has 9 heteroatoms. The van der Waals surface area contributed by atoms with Gasteiger partial charge < -0.3 is 20.5 Å². The number of nitrogens with two attached hydrogens (primary N) is 1. The van der Waals surface area contributed by atoms with Crippen molar-refractivity contribution in [3.63, 3.8) is 0 Å². The van der Waals surface area contributed by atoms with Gasteiger partial charge in [-0.15, -0.1) is 0 Å². The normalized spacial score (nSPS) is 24.2. The topological polar surface area (TPSA) is 71.1 Å². The van der Waals surface area contributed by atoms with Crippen LogP contribution >= 0.6 is 28.1 Å². The molecule has 0 spiro atoms. The number of benzene rings is 2. The van der Waals surface area contributed by atoms with Gasteiger partial charge in [0.05, 0.1) is 4.86 Å². The summed E-state index contributed by atoms with van der Waals surface area (Å²) >= 11 is 9.18. The fraction of sp³-hybridized carbons (Fsp3) is 0.333. The van der Waals surface area contributed by atoms with E-state index in [1.54, 1.807) is 19.2 Å². The summed E-state index contributed by atoms with van der Waals surface area (Å²) in [7, 11) is 1.61. The number of hydrogen-bond donors (Lipinski definition) is 2. The summed E-state index contributed by atoms with van der Waals surface area (Å²) in [4.78, 5) is 6.38. The first-order chi connectivity index (χ1) is 14.2. The van der Waals surface area contributed by atoms with Crippen molar-refractivity contribution >= 4 is 39.0 Å². The van der Waals surface area contributed by atoms with E-state index in [0.29, 0.717) is 16.7 Å². The third kappa shape index (κ3) is 3.59. The van der Waals surface area contributed by atoms with Crippen LogP contribution in [0.15, 0.2) is 51.9 Å². The molecule has 0 radical (unpaired) electrons. The monoisotopic (exact) mass is 495 g/mol. The maximum absolute atomic E-state index is 12.9. The molecule has 3 N–H and O–H groups in total. The highest BCUT2D eigenvalue weighted by Gasteiger charge is 2.47. The van der Waals surface area contributed by atoms with Crippen LogP contribution in [0.25, 0.3) is 0 Å². The average molecular weight is 496 g/mol. The molecular weight excluding hydrogens is 476 g/mol. The minimum atomic E-state index is -2.91. The van der Waals surface area contributed by atoms with Crippen molar-refractivity contribution in [2.24, 2.45) is 10.7 Å². The Bertz CT molecular complexity index is 1030. The number of guanidine groups is 1. The standard InChI is InChI=1S/C21H20BrF2N3O2S/c1-27-18(28)17(30)21(26-20(27)25,12-3-2-4-14(22)9-12)13-7-8-16(29-19(23)24)15(10-13)11-5-6-11/h2-4,7-11,18-19,28H,5-6H2,1H3,(H2,25,26)/t18?,21-/m1/s1. The van der Waals surface area contributed by atoms with Gasteiger partial charge in [0, 0.05) is 11.5 Å². The molecule has 2 atom stereocenters. The number of halogens is 3. The van der Waals surface area contributed by atoms with Crippen molar-refractivity contribution in [1.29, 1.82) is 0 Å². The summed E-state index contributed by atoms with van der Waals surface area (Å²) in [6.07, 6.45) is 0.653. The minimum absolute atomic E-state index is 0.122. The number of aliphatic hydroxyl groups excluding tert-OH is 1. The maximum atomic E-state index is 12.9. The Hall–Kier alpha value is -2.10. The van der Waals surface area contributed by atoms with Gasteiger partial charge in [-0.2, -0.15) is 8.78 Å². The fourth-order valence-corrected chi connectivity index (χ4v) is 4.62. The van der Waals surface area contributed by atoms with Gasteiger partial charge in [0.25, 0.3) is 0 Å². The third-order valence-corrected chi connectivity index (χ3v) is 6.50. The van der Waals surface area contributed by atoms with Crippen molar-refractivity contribution in [2.75, 3.05) is 7.05 Å². The molecule has 1 fully saturated rings. The van der Waals surface area contributed by atoms with Crippen LogP contribution in [0.4, 0.5) is 8.78 Å². The highest BCUT2D eigenvalue weighted by Crippen LogP contribution is 2.48. The number of ether oxygens (including phenoxy) is 1. The van der Waals surface area contributed by atoms with Crippen molar-refractivity contribution in [1.82, 2.24) is 4.90 Å². The smallest absolute Gasteiger partial charge is 0.387 e. The molecule has 0 bridgehead atoms. The Balaban J connectivity index is 1.96. The zero-order valence-corrected chi connectivity index (χ0v) is 18.5. The van der Waals surface area contributed by atoms with E-state index in [1.165, 1.54) is 11.0 Å². The molecule has 0 amide bonds. The Kier molecular flexibility index (Phi) is 5.54. The number of aliphatic imine (C=N–C) groups is 1. The maximum Gasteiger partial charge on any atom is 0.387 e. The summed E-state index contributed by atoms with van der Waals surface area (Å²) in [6, 6.07) is 12.4. The summed E-state index contributed by atoms with van der Waals surface area (Å²) in [5, 5.41) is 10.8. The number of aliphatic hydroxyl groups is 1. The lowest BCUT2D eigenvalue weighted by molar-refractivity contribution is -0.0504. The molecule has 2 aliphatic rings. The van der Waals surface area contributed by atoms with E-state index >= 15 is 0 Å². The third-order valence-electron chi connectivity index (χ3n) is 5.50. The Labute approximate surface area is 186 Å². The van der Waals surface area contributed by atoms with Crippen molar-refractivity contribution in [3.8, 4) is 5.75 Å². The van der Waals surface area contributed by atoms with Crippen LogP contribution < -0.4 is 10.5 Å². The molecule has 158 valence electrons. The predicted octanol–water partition coefficient (Wildman–Crippen LogP) is 4.12. The predicted molar refractivity (Wildman–Crippen MR) is 118 cm³/mol. The van der Waals surface area contributed by atoms with Gasteiger partial charge in [0.2, 0.25) is 0 Å². The van der Waals surface area contributed by atoms with Gasteiger partial charge in [-0.25, -0.2) is 4.99 Å². The van der Waals surface area contributed by atoms with E-state index in [2.05, 4.69) is 15.9 Å². The van der Waals surface area contributed by atoms with Gasteiger partial charge in [0.15, 0.2) is 17.7 Å². The first-order valence-electron chi connectivity index (χ1n) is 9.40. The highest BCUT2D eigenvalue weighted by atomic mass is 79.9. The summed E-state index contributed by atoms with van der Waals surface area (Å²) in [6.45, 7) is -2.91. The van der Waals surface area contributed by atoms with Crippen LogP contribution in [0.3, 0.4) is 0 Å². The fourth-order valence-electron chi connectivity index (χ4n) is 3.78. The number of hydrogen-bond acceptors (Lipinski definition) is 6. The number of rotatable bonds is 5. The van der Waals surface area contributed by atoms with E-state index in [1.807, 2.05) is 24.3 Å². The molecule has 1 unspecified atom stereocenters. The van der Waals surface area contributed by atoms with Crippen LogP contribution in [0.2, 0.25) is 0 Å². The van der Waals surface area contributed by atoms with E-state index in [4.69, 9.17) is 27.7 Å². The SMILES string of the molecule is CN1C(N)=N[C@](c2cccc(Br)c2)(c2ccc(OC(F)F)c(C3CC3)c2)C(=S)C1O. The highest BCUT2D eigenvalue weighted by molar-refractivity contribution is 9.10. The van der Waals surface area contributed by atoms with E-state index in [0.717, 1.165) is 17.3 Å². The van der Waals surface area contributed by atoms with Gasteiger partial charge in [-0.05, 0) is 59.7 Å². The van der Waals surface area contributed by atoms with E-state index in [-0.39, 0.29) is 22.5 Å². The lowest BCUT2D eigenvalue weighted by atomic mass is 9.78. The second-order valence-corrected chi connectivity index (χ2v) is 8.80. The summed E-state index contributed by atoms with van der Waals surface area (Å²) < 4.78 is 31.4. The Morgan fingerprint density at radius 1 is 1.27 bits per heavy atom. The molecule has 30 heavy (non-hydrogen) atoms. The van der Waals surface area contributed by atoms with Gasteiger partial charge in [-0.3, -0.25) is 0 Å². The van der Waals surface area contributed by atoms with Crippen molar-refractivity contribution < 1.29 is 18.6 Å². The molecule has 1 saturated carbocycles. The quantitative estimate of drug-likeness (QED) is 0.610. The molecule has 1 heterocycles. The van der Waals surface area contributed by atoms with Crippen LogP contribution in [0.5, 0.6) is 5.75 Å². The molecule has 1 aliphatic heterocycles. The van der Waals surface area contributed by atoms with Crippen LogP contribution in [-0.2, 0) is 5.54 Å². The zero-order valence-electron chi connectivity index (χ0n) is 16.1. The van der Waals surface area contributed by atoms with Gasteiger partial charge >= 0.3 is 6.61 Å². The summed E-state index contributed by atoms with van der Waals surface area (Å²) in [5.74, 6) is 0.415. The van der Waals surface area contributed by atoms with Crippen LogP contribution in [-0.4, -0.2) is 40.7 Å². The van der Waals surface area contributed by atoms with Crippen LogP contribution in [0, 0.1) is 0 Å². The number of nitrogens with zero attached hydrogens (tertiary/aromatic N) is 2. The van der Waals surface area contributed by atoms with Crippen molar-refractivity contribution in [2.45, 2.75) is 37.1 Å². The number of thiocarbonyl (C=S) groups is 1. The van der Waals surface area contributed by atoms with Crippen LogP contribution in [0.1, 0.15) is 35.4 Å². The summed E-state index contributed by atoms with van der Waals surface area (Å²) in [5.41, 5.74) is 6.94. The second-order valence-electron chi connectivity index (χ2n) is 7.44. The van der Waals surface area contributed by atoms with Gasteiger partial charge in [0.1, 0.15) is 5.75 Å². The first kappa shape index (κ1) is 21.1. The molecule has 1 aliphatic carbocycles. The molecule has 2 aromatic carbocycles. The first-order valence-corrected chi connectivity index (χ1v) is 10.6. The molecule has 0 aromatic heterocycles. The van der Waals surface area contributed by atoms with Crippen molar-refractivity contribution in [3.05, 3.63) is 63.6 Å². The number of alkyl halides is 2. The van der Waals surface area contributed by atoms with Gasteiger partial charge in [-0.1, -0.05) is 46.3 Å².